The van der Waals surface area contributed by atoms with Gasteiger partial charge in [-0.2, -0.15) is 0 Å². The quantitative estimate of drug-likeness (QED) is 0.805. The number of carboxylic acid groups (broad SMARTS) is 1. The highest BCUT2D eigenvalue weighted by atomic mass is 16.5. The number of fused-ring (bicyclic) bond motifs is 1. The van der Waals surface area contributed by atoms with Gasteiger partial charge in [0.2, 0.25) is 0 Å². The molecule has 1 heterocycles. The van der Waals surface area contributed by atoms with Crippen molar-refractivity contribution in [1.82, 2.24) is 14.9 Å². The Bertz CT molecular complexity index is 681. The third-order valence-corrected chi connectivity index (χ3v) is 3.61. The van der Waals surface area contributed by atoms with Gasteiger partial charge in [-0.1, -0.05) is 0 Å². The first-order chi connectivity index (χ1) is 10.5. The van der Waals surface area contributed by atoms with Gasteiger partial charge in [0.15, 0.2) is 11.5 Å². The van der Waals surface area contributed by atoms with Crippen LogP contribution in [-0.2, 0) is 11.2 Å². The standard InChI is InChI=1S/C15H21N3O4/c1-9(15(19)20)18-11-8-13(22-4)12(21-3)7-10(11)17-14(18)5-6-16-2/h7-9,16H,5-6H2,1-4H3,(H,19,20). The summed E-state index contributed by atoms with van der Waals surface area (Å²) in [5.74, 6) is 0.936. The average Bonchev–Trinajstić information content (AvgIpc) is 2.87. The monoisotopic (exact) mass is 307 g/mol. The molecule has 2 rings (SSSR count). The van der Waals surface area contributed by atoms with E-state index < -0.39 is 12.0 Å². The van der Waals surface area contributed by atoms with Gasteiger partial charge in [-0.05, 0) is 14.0 Å². The number of hydrogen-bond acceptors (Lipinski definition) is 5. The zero-order valence-corrected chi connectivity index (χ0v) is 13.2. The zero-order chi connectivity index (χ0) is 16.3. The second-order valence-corrected chi connectivity index (χ2v) is 4.96. The van der Waals surface area contributed by atoms with Gasteiger partial charge in [0.1, 0.15) is 11.9 Å². The van der Waals surface area contributed by atoms with E-state index in [2.05, 4.69) is 10.3 Å². The van der Waals surface area contributed by atoms with Crippen molar-refractivity contribution in [1.29, 1.82) is 0 Å². The van der Waals surface area contributed by atoms with E-state index in [1.807, 2.05) is 7.05 Å². The molecule has 0 aliphatic rings. The molecule has 2 N–H and O–H groups in total. The van der Waals surface area contributed by atoms with Crippen molar-refractivity contribution in [2.45, 2.75) is 19.4 Å². The Morgan fingerprint density at radius 2 is 2.00 bits per heavy atom. The molecule has 120 valence electrons. The molecule has 7 heteroatoms. The number of nitrogens with one attached hydrogen (secondary N) is 1. The maximum Gasteiger partial charge on any atom is 0.326 e. The Balaban J connectivity index is 2.66. The van der Waals surface area contributed by atoms with E-state index >= 15 is 0 Å². The van der Waals surface area contributed by atoms with Gasteiger partial charge in [0, 0.05) is 25.1 Å². The number of ether oxygens (including phenoxy) is 2. The highest BCUT2D eigenvalue weighted by Crippen LogP contribution is 2.33. The average molecular weight is 307 g/mol. The van der Waals surface area contributed by atoms with Gasteiger partial charge in [0.25, 0.3) is 0 Å². The summed E-state index contributed by atoms with van der Waals surface area (Å²) < 4.78 is 12.3. The van der Waals surface area contributed by atoms with Gasteiger partial charge in [-0.15, -0.1) is 0 Å². The third-order valence-electron chi connectivity index (χ3n) is 3.61. The van der Waals surface area contributed by atoms with Crippen LogP contribution in [-0.4, -0.2) is 48.4 Å². The van der Waals surface area contributed by atoms with Crippen molar-refractivity contribution in [3.05, 3.63) is 18.0 Å². The summed E-state index contributed by atoms with van der Waals surface area (Å²) in [5.41, 5.74) is 1.41. The number of imidazole rings is 1. The highest BCUT2D eigenvalue weighted by Gasteiger charge is 2.22. The van der Waals surface area contributed by atoms with Crippen molar-refractivity contribution in [3.8, 4) is 11.5 Å². The number of likely N-dealkylation sites (N-methyl/N-ethyl adjacent to an activating group) is 1. The first kappa shape index (κ1) is 16.1. The Hall–Kier alpha value is -2.28. The Morgan fingerprint density at radius 1 is 1.36 bits per heavy atom. The zero-order valence-electron chi connectivity index (χ0n) is 13.2. The van der Waals surface area contributed by atoms with Crippen LogP contribution in [0.5, 0.6) is 11.5 Å². The fourth-order valence-electron chi connectivity index (χ4n) is 2.43. The lowest BCUT2D eigenvalue weighted by atomic mass is 10.2. The SMILES string of the molecule is CNCCc1nc2cc(OC)c(OC)cc2n1C(C)C(=O)O. The summed E-state index contributed by atoms with van der Waals surface area (Å²) in [6.45, 7) is 2.35. The largest absolute Gasteiger partial charge is 0.493 e. The van der Waals surface area contributed by atoms with E-state index in [1.54, 1.807) is 37.8 Å². The topological polar surface area (TPSA) is 85.6 Å². The lowest BCUT2D eigenvalue weighted by molar-refractivity contribution is -0.140. The number of carboxylic acids is 1. The van der Waals surface area contributed by atoms with Crippen LogP contribution in [0.3, 0.4) is 0 Å². The number of aromatic nitrogens is 2. The minimum atomic E-state index is -0.903. The van der Waals surface area contributed by atoms with Crippen LogP contribution in [0.25, 0.3) is 11.0 Å². The molecule has 7 nitrogen and oxygen atoms in total. The predicted molar refractivity (Wildman–Crippen MR) is 82.8 cm³/mol. The van der Waals surface area contributed by atoms with Crippen LogP contribution in [0.2, 0.25) is 0 Å². The molecule has 0 amide bonds. The molecule has 2 aromatic rings. The van der Waals surface area contributed by atoms with E-state index in [0.29, 0.717) is 30.0 Å². The van der Waals surface area contributed by atoms with Crippen molar-refractivity contribution in [2.24, 2.45) is 0 Å². The van der Waals surface area contributed by atoms with Crippen LogP contribution in [0.1, 0.15) is 18.8 Å². The molecule has 1 aromatic carbocycles. The van der Waals surface area contributed by atoms with Crippen molar-refractivity contribution in [2.75, 3.05) is 27.8 Å². The number of benzene rings is 1. The predicted octanol–water partition coefficient (Wildman–Crippen LogP) is 1.46. The fourth-order valence-corrected chi connectivity index (χ4v) is 2.43. The van der Waals surface area contributed by atoms with Crippen LogP contribution in [0.4, 0.5) is 0 Å². The van der Waals surface area contributed by atoms with E-state index in [4.69, 9.17) is 9.47 Å². The Labute approximate surface area is 128 Å². The lowest BCUT2D eigenvalue weighted by Crippen LogP contribution is -2.20. The second-order valence-electron chi connectivity index (χ2n) is 4.96. The number of nitrogens with zero attached hydrogens (tertiary/aromatic N) is 2. The molecule has 0 radical (unpaired) electrons. The Morgan fingerprint density at radius 3 is 2.55 bits per heavy atom. The molecule has 1 aromatic heterocycles. The number of methoxy groups -OCH3 is 2. The van der Waals surface area contributed by atoms with Crippen molar-refractivity contribution in [3.63, 3.8) is 0 Å². The minimum absolute atomic E-state index is 0.550. The van der Waals surface area contributed by atoms with Gasteiger partial charge >= 0.3 is 5.97 Å². The van der Waals surface area contributed by atoms with Gasteiger partial charge in [-0.3, -0.25) is 0 Å². The molecule has 1 unspecified atom stereocenters. The first-order valence-corrected chi connectivity index (χ1v) is 7.03. The maximum absolute atomic E-state index is 11.4. The lowest BCUT2D eigenvalue weighted by Gasteiger charge is -2.14. The summed E-state index contributed by atoms with van der Waals surface area (Å²) in [6, 6.07) is 2.82. The molecule has 0 spiro atoms. The third kappa shape index (κ3) is 2.85. The molecular formula is C15H21N3O4. The number of hydrogen-bond donors (Lipinski definition) is 2. The number of carbonyl (C=O) groups is 1. The molecule has 0 aliphatic carbocycles. The summed E-state index contributed by atoms with van der Waals surface area (Å²) in [5, 5.41) is 12.4. The normalized spacial score (nSPS) is 12.4. The molecule has 0 bridgehead atoms. The smallest absolute Gasteiger partial charge is 0.326 e. The summed E-state index contributed by atoms with van der Waals surface area (Å²) in [4.78, 5) is 16.0. The van der Waals surface area contributed by atoms with E-state index in [-0.39, 0.29) is 0 Å². The van der Waals surface area contributed by atoms with Crippen LogP contribution < -0.4 is 14.8 Å². The molecule has 0 aliphatic heterocycles. The molecule has 0 fully saturated rings. The summed E-state index contributed by atoms with van der Waals surface area (Å²) in [7, 11) is 4.95. The summed E-state index contributed by atoms with van der Waals surface area (Å²) in [6.07, 6.45) is 0.632. The second kappa shape index (κ2) is 6.65. The van der Waals surface area contributed by atoms with Crippen molar-refractivity contribution >= 4 is 17.0 Å². The van der Waals surface area contributed by atoms with Gasteiger partial charge < -0.3 is 24.5 Å². The molecule has 0 saturated carbocycles. The van der Waals surface area contributed by atoms with Crippen LogP contribution in [0, 0.1) is 0 Å². The van der Waals surface area contributed by atoms with Gasteiger partial charge in [-0.25, -0.2) is 9.78 Å². The number of rotatable bonds is 7. The highest BCUT2D eigenvalue weighted by molar-refractivity contribution is 5.83. The molecular weight excluding hydrogens is 286 g/mol. The van der Waals surface area contributed by atoms with Crippen LogP contribution in [0.15, 0.2) is 12.1 Å². The fraction of sp³-hybridized carbons (Fsp3) is 0.467. The van der Waals surface area contributed by atoms with E-state index in [0.717, 1.165) is 11.3 Å². The minimum Gasteiger partial charge on any atom is -0.493 e. The molecule has 0 saturated heterocycles. The van der Waals surface area contributed by atoms with E-state index in [9.17, 15) is 9.90 Å². The van der Waals surface area contributed by atoms with Gasteiger partial charge in [0.05, 0.1) is 25.3 Å². The Kier molecular flexibility index (Phi) is 4.87. The molecule has 1 atom stereocenters. The van der Waals surface area contributed by atoms with Crippen LogP contribution >= 0.6 is 0 Å². The summed E-state index contributed by atoms with van der Waals surface area (Å²) >= 11 is 0. The number of aliphatic carboxylic acids is 1. The molecule has 22 heavy (non-hydrogen) atoms. The maximum atomic E-state index is 11.4. The van der Waals surface area contributed by atoms with E-state index in [1.165, 1.54) is 0 Å². The first-order valence-electron chi connectivity index (χ1n) is 7.03. The van der Waals surface area contributed by atoms with Crippen molar-refractivity contribution < 1.29 is 19.4 Å².